The van der Waals surface area contributed by atoms with Crippen LogP contribution in [0.25, 0.3) is 11.3 Å². The number of pyridine rings is 1. The summed E-state index contributed by atoms with van der Waals surface area (Å²) in [5.74, 6) is -1.22. The minimum absolute atomic E-state index is 0.00163. The van der Waals surface area contributed by atoms with Crippen molar-refractivity contribution in [1.29, 1.82) is 0 Å². The lowest BCUT2D eigenvalue weighted by Crippen LogP contribution is -2.12. The number of hydrogen-bond donors (Lipinski definition) is 1. The summed E-state index contributed by atoms with van der Waals surface area (Å²) in [6, 6.07) is 7.27. The normalized spacial score (nSPS) is 10.4. The third kappa shape index (κ3) is 2.30. The van der Waals surface area contributed by atoms with Gasteiger partial charge in [-0.05, 0) is 18.2 Å². The highest BCUT2D eigenvalue weighted by Crippen LogP contribution is 2.31. The van der Waals surface area contributed by atoms with Crippen LogP contribution in [-0.4, -0.2) is 10.9 Å². The van der Waals surface area contributed by atoms with Crippen LogP contribution >= 0.6 is 23.2 Å². The van der Waals surface area contributed by atoms with E-state index >= 15 is 0 Å². The molecule has 0 fully saturated rings. The minimum Gasteiger partial charge on any atom is -0.366 e. The maximum atomic E-state index is 13.6. The van der Waals surface area contributed by atoms with Crippen molar-refractivity contribution in [2.45, 2.75) is 0 Å². The summed E-state index contributed by atoms with van der Waals surface area (Å²) >= 11 is 11.8. The summed E-state index contributed by atoms with van der Waals surface area (Å²) in [5, 5.41) is 0.00320. The van der Waals surface area contributed by atoms with Crippen molar-refractivity contribution in [3.63, 3.8) is 0 Å². The fourth-order valence-corrected chi connectivity index (χ4v) is 1.97. The first kappa shape index (κ1) is 12.8. The van der Waals surface area contributed by atoms with E-state index in [4.69, 9.17) is 28.9 Å². The van der Waals surface area contributed by atoms with Gasteiger partial charge >= 0.3 is 0 Å². The largest absolute Gasteiger partial charge is 0.366 e. The molecule has 0 saturated carbocycles. The van der Waals surface area contributed by atoms with Crippen molar-refractivity contribution in [1.82, 2.24) is 4.98 Å². The van der Waals surface area contributed by atoms with Gasteiger partial charge in [0.1, 0.15) is 11.0 Å². The van der Waals surface area contributed by atoms with Crippen LogP contribution in [-0.2, 0) is 0 Å². The standard InChI is InChI=1S/C12H7Cl2FN2O/c13-8-5-7(12(16)18)11(14)17-10(8)6-3-1-2-4-9(6)15/h1-5H,(H2,16,18). The molecule has 0 aliphatic carbocycles. The number of primary amides is 1. The third-order valence-corrected chi connectivity index (χ3v) is 2.90. The number of aromatic nitrogens is 1. The highest BCUT2D eigenvalue weighted by Gasteiger charge is 2.16. The molecule has 0 atom stereocenters. The second-order valence-corrected chi connectivity index (χ2v) is 4.27. The van der Waals surface area contributed by atoms with Gasteiger partial charge < -0.3 is 5.73 Å². The van der Waals surface area contributed by atoms with E-state index in [1.54, 1.807) is 12.1 Å². The zero-order valence-corrected chi connectivity index (χ0v) is 10.5. The van der Waals surface area contributed by atoms with Crippen molar-refractivity contribution < 1.29 is 9.18 Å². The Morgan fingerprint density at radius 3 is 2.56 bits per heavy atom. The van der Waals surface area contributed by atoms with Crippen molar-refractivity contribution in [3.8, 4) is 11.3 Å². The molecule has 0 unspecified atom stereocenters. The smallest absolute Gasteiger partial charge is 0.251 e. The highest BCUT2D eigenvalue weighted by molar-refractivity contribution is 6.36. The van der Waals surface area contributed by atoms with E-state index in [0.717, 1.165) is 0 Å². The molecule has 2 aromatic rings. The zero-order valence-electron chi connectivity index (χ0n) is 8.95. The van der Waals surface area contributed by atoms with Crippen molar-refractivity contribution in [3.05, 3.63) is 51.9 Å². The lowest BCUT2D eigenvalue weighted by Gasteiger charge is -2.07. The molecule has 0 spiro atoms. The maximum Gasteiger partial charge on any atom is 0.251 e. The number of benzene rings is 1. The number of amides is 1. The average molecular weight is 285 g/mol. The highest BCUT2D eigenvalue weighted by atomic mass is 35.5. The van der Waals surface area contributed by atoms with Gasteiger partial charge in [-0.15, -0.1) is 0 Å². The second kappa shape index (κ2) is 4.92. The Morgan fingerprint density at radius 1 is 1.28 bits per heavy atom. The van der Waals surface area contributed by atoms with Gasteiger partial charge in [0.05, 0.1) is 16.3 Å². The summed E-state index contributed by atoms with van der Waals surface area (Å²) in [6.07, 6.45) is 0. The van der Waals surface area contributed by atoms with Crippen molar-refractivity contribution in [2.24, 2.45) is 5.73 Å². The predicted molar refractivity (Wildman–Crippen MR) is 68.2 cm³/mol. The Morgan fingerprint density at radius 2 is 1.94 bits per heavy atom. The summed E-state index contributed by atoms with van der Waals surface area (Å²) in [5.41, 5.74) is 5.49. The van der Waals surface area contributed by atoms with Gasteiger partial charge in [-0.3, -0.25) is 4.79 Å². The van der Waals surface area contributed by atoms with Gasteiger partial charge in [0.15, 0.2) is 0 Å². The van der Waals surface area contributed by atoms with Crippen LogP contribution < -0.4 is 5.73 Å². The van der Waals surface area contributed by atoms with Crippen LogP contribution in [0.3, 0.4) is 0 Å². The second-order valence-electron chi connectivity index (χ2n) is 3.50. The molecule has 0 aliphatic rings. The van der Waals surface area contributed by atoms with E-state index in [1.165, 1.54) is 18.2 Å². The van der Waals surface area contributed by atoms with Gasteiger partial charge in [0, 0.05) is 5.56 Å². The van der Waals surface area contributed by atoms with Crippen LogP contribution in [0.1, 0.15) is 10.4 Å². The van der Waals surface area contributed by atoms with Gasteiger partial charge in [-0.1, -0.05) is 35.3 Å². The van der Waals surface area contributed by atoms with E-state index in [1.807, 2.05) is 0 Å². The molecule has 92 valence electrons. The van der Waals surface area contributed by atoms with Crippen LogP contribution in [0.4, 0.5) is 4.39 Å². The van der Waals surface area contributed by atoms with Crippen molar-refractivity contribution in [2.75, 3.05) is 0 Å². The maximum absolute atomic E-state index is 13.6. The summed E-state index contributed by atoms with van der Waals surface area (Å²) in [4.78, 5) is 15.0. The van der Waals surface area contributed by atoms with E-state index in [-0.39, 0.29) is 27.0 Å². The first-order chi connectivity index (χ1) is 8.50. The lowest BCUT2D eigenvalue weighted by molar-refractivity contribution is 0.1000. The molecule has 1 aromatic heterocycles. The lowest BCUT2D eigenvalue weighted by atomic mass is 10.1. The molecule has 1 heterocycles. The van der Waals surface area contributed by atoms with Gasteiger partial charge in [0.2, 0.25) is 0 Å². The zero-order chi connectivity index (χ0) is 13.3. The fraction of sp³-hybridized carbons (Fsp3) is 0. The number of nitrogens with zero attached hydrogens (tertiary/aromatic N) is 1. The molecule has 1 aromatic carbocycles. The Labute approximate surface area is 112 Å². The topological polar surface area (TPSA) is 56.0 Å². The van der Waals surface area contributed by atoms with Crippen LogP contribution in [0.2, 0.25) is 10.2 Å². The fourth-order valence-electron chi connectivity index (χ4n) is 1.48. The molecule has 6 heteroatoms. The molecule has 1 amide bonds. The first-order valence-electron chi connectivity index (χ1n) is 4.91. The number of carbonyl (C=O) groups excluding carboxylic acids is 1. The molecule has 0 aliphatic heterocycles. The van der Waals surface area contributed by atoms with Gasteiger partial charge in [-0.25, -0.2) is 9.37 Å². The average Bonchev–Trinajstić information content (AvgIpc) is 2.32. The minimum atomic E-state index is -0.741. The Kier molecular flexibility index (Phi) is 3.50. The third-order valence-electron chi connectivity index (χ3n) is 2.32. The van der Waals surface area contributed by atoms with E-state index < -0.39 is 11.7 Å². The summed E-state index contributed by atoms with van der Waals surface area (Å²) in [7, 11) is 0. The number of carbonyl (C=O) groups is 1. The molecule has 0 saturated heterocycles. The number of nitrogens with two attached hydrogens (primary N) is 1. The Bertz CT molecular complexity index is 631. The van der Waals surface area contributed by atoms with Crippen LogP contribution in [0.5, 0.6) is 0 Å². The molecular weight excluding hydrogens is 278 g/mol. The molecular formula is C12H7Cl2FN2O. The molecule has 18 heavy (non-hydrogen) atoms. The summed E-state index contributed by atoms with van der Waals surface area (Å²) < 4.78 is 13.6. The Balaban J connectivity index is 2.64. The molecule has 0 bridgehead atoms. The SMILES string of the molecule is NC(=O)c1cc(Cl)c(-c2ccccc2F)nc1Cl. The van der Waals surface area contributed by atoms with E-state index in [9.17, 15) is 9.18 Å². The monoisotopic (exact) mass is 284 g/mol. The Hall–Kier alpha value is -1.65. The first-order valence-corrected chi connectivity index (χ1v) is 5.67. The number of halogens is 3. The quantitative estimate of drug-likeness (QED) is 0.861. The van der Waals surface area contributed by atoms with Crippen LogP contribution in [0.15, 0.2) is 30.3 Å². The summed E-state index contributed by atoms with van der Waals surface area (Å²) in [6.45, 7) is 0. The number of hydrogen-bond acceptors (Lipinski definition) is 2. The number of rotatable bonds is 2. The molecule has 3 nitrogen and oxygen atoms in total. The van der Waals surface area contributed by atoms with Gasteiger partial charge in [-0.2, -0.15) is 0 Å². The predicted octanol–water partition coefficient (Wildman–Crippen LogP) is 3.29. The molecule has 2 rings (SSSR count). The van der Waals surface area contributed by atoms with Crippen LogP contribution in [0, 0.1) is 5.82 Å². The van der Waals surface area contributed by atoms with Crippen molar-refractivity contribution >= 4 is 29.1 Å². The van der Waals surface area contributed by atoms with E-state index in [2.05, 4.69) is 4.98 Å². The molecule has 2 N–H and O–H groups in total. The van der Waals surface area contributed by atoms with Gasteiger partial charge in [0.25, 0.3) is 5.91 Å². The molecule has 0 radical (unpaired) electrons. The van der Waals surface area contributed by atoms with E-state index in [0.29, 0.717) is 0 Å².